The fourth-order valence-electron chi connectivity index (χ4n) is 3.00. The van der Waals surface area contributed by atoms with Gasteiger partial charge in [0.2, 0.25) is 0 Å². The molecule has 0 atom stereocenters. The van der Waals surface area contributed by atoms with Crippen LogP contribution in [-0.4, -0.2) is 18.8 Å². The third-order valence-corrected chi connectivity index (χ3v) is 4.04. The second-order valence-electron chi connectivity index (χ2n) is 5.02. The fourth-order valence-corrected chi connectivity index (χ4v) is 3.00. The lowest BCUT2D eigenvalue weighted by atomic mass is 9.69. The van der Waals surface area contributed by atoms with E-state index >= 15 is 0 Å². The molecule has 3 nitrogen and oxygen atoms in total. The van der Waals surface area contributed by atoms with E-state index in [-0.39, 0.29) is 11.6 Å². The maximum absolute atomic E-state index is 14.1. The Hall–Kier alpha value is -1.29. The zero-order valence-corrected chi connectivity index (χ0v) is 10.7. The minimum Gasteiger partial charge on any atom is -0.504 e. The number of rotatable bonds is 3. The van der Waals surface area contributed by atoms with Crippen LogP contribution in [0.2, 0.25) is 0 Å². The normalized spacial score (nSPS) is 18.6. The summed E-state index contributed by atoms with van der Waals surface area (Å²) in [5, 5.41) is 10.2. The molecule has 0 radical (unpaired) electrons. The van der Waals surface area contributed by atoms with E-state index in [0.29, 0.717) is 17.9 Å². The van der Waals surface area contributed by atoms with Gasteiger partial charge in [-0.05, 0) is 25.0 Å². The van der Waals surface area contributed by atoms with Crippen molar-refractivity contribution in [2.75, 3.05) is 13.7 Å². The van der Waals surface area contributed by atoms with Crippen molar-refractivity contribution in [1.82, 2.24) is 0 Å². The second-order valence-corrected chi connectivity index (χ2v) is 5.02. The van der Waals surface area contributed by atoms with Crippen LogP contribution in [0.25, 0.3) is 0 Å². The summed E-state index contributed by atoms with van der Waals surface area (Å²) in [6, 6.07) is 2.79. The predicted octanol–water partition coefficient (Wildman–Crippen LogP) is 2.70. The molecular formula is C14H20FNO2. The third kappa shape index (κ3) is 2.05. The Labute approximate surface area is 107 Å². The van der Waals surface area contributed by atoms with E-state index in [9.17, 15) is 9.50 Å². The van der Waals surface area contributed by atoms with Crippen molar-refractivity contribution in [3.8, 4) is 11.5 Å². The highest BCUT2D eigenvalue weighted by molar-refractivity contribution is 5.50. The van der Waals surface area contributed by atoms with Crippen LogP contribution in [0.5, 0.6) is 11.5 Å². The molecule has 18 heavy (non-hydrogen) atoms. The van der Waals surface area contributed by atoms with E-state index in [2.05, 4.69) is 0 Å². The molecule has 1 saturated carbocycles. The van der Waals surface area contributed by atoms with E-state index in [4.69, 9.17) is 10.5 Å². The molecule has 1 aliphatic rings. The van der Waals surface area contributed by atoms with Gasteiger partial charge in [0.1, 0.15) is 5.82 Å². The number of aromatic hydroxyl groups is 1. The number of hydrogen-bond donors (Lipinski definition) is 2. The molecule has 0 unspecified atom stereocenters. The average Bonchev–Trinajstić information content (AvgIpc) is 2.40. The largest absolute Gasteiger partial charge is 0.504 e. The summed E-state index contributed by atoms with van der Waals surface area (Å²) >= 11 is 0. The van der Waals surface area contributed by atoms with E-state index < -0.39 is 5.41 Å². The SMILES string of the molecule is COc1ccc(F)c(C2(CN)CCCCC2)c1O. The molecule has 0 aromatic heterocycles. The molecule has 0 heterocycles. The Bertz CT molecular complexity index is 428. The van der Waals surface area contributed by atoms with Gasteiger partial charge in [0, 0.05) is 17.5 Å². The lowest BCUT2D eigenvalue weighted by Gasteiger charge is -2.37. The van der Waals surface area contributed by atoms with E-state index in [1.165, 1.54) is 19.2 Å². The monoisotopic (exact) mass is 253 g/mol. The minimum absolute atomic E-state index is 0.0927. The molecule has 1 aliphatic carbocycles. The smallest absolute Gasteiger partial charge is 0.164 e. The quantitative estimate of drug-likeness (QED) is 0.870. The van der Waals surface area contributed by atoms with E-state index in [0.717, 1.165) is 32.1 Å². The maximum atomic E-state index is 14.1. The van der Waals surface area contributed by atoms with Crippen molar-refractivity contribution in [2.24, 2.45) is 5.73 Å². The maximum Gasteiger partial charge on any atom is 0.164 e. The fraction of sp³-hybridized carbons (Fsp3) is 0.571. The number of ether oxygens (including phenoxy) is 1. The summed E-state index contributed by atoms with van der Waals surface area (Å²) in [5.41, 5.74) is 5.77. The lowest BCUT2D eigenvalue weighted by molar-refractivity contribution is 0.275. The predicted molar refractivity (Wildman–Crippen MR) is 68.4 cm³/mol. The summed E-state index contributed by atoms with van der Waals surface area (Å²) in [5.74, 6) is -0.171. The summed E-state index contributed by atoms with van der Waals surface area (Å²) in [7, 11) is 1.47. The molecule has 3 N–H and O–H groups in total. The van der Waals surface area contributed by atoms with Crippen molar-refractivity contribution >= 4 is 0 Å². The standard InChI is InChI=1S/C14H20FNO2/c1-18-11-6-5-10(15)12(13(11)17)14(9-16)7-3-2-4-8-14/h5-6,17H,2-4,7-9,16H2,1H3. The van der Waals surface area contributed by atoms with Crippen molar-refractivity contribution in [3.63, 3.8) is 0 Å². The minimum atomic E-state index is -0.443. The molecule has 0 aliphatic heterocycles. The summed E-state index contributed by atoms with van der Waals surface area (Å²) in [4.78, 5) is 0. The molecule has 0 amide bonds. The molecule has 100 valence electrons. The van der Waals surface area contributed by atoms with Crippen molar-refractivity contribution in [1.29, 1.82) is 0 Å². The van der Waals surface area contributed by atoms with Gasteiger partial charge in [-0.3, -0.25) is 0 Å². The van der Waals surface area contributed by atoms with E-state index in [1.54, 1.807) is 0 Å². The van der Waals surface area contributed by atoms with Crippen LogP contribution in [0.1, 0.15) is 37.7 Å². The lowest BCUT2D eigenvalue weighted by Crippen LogP contribution is -2.38. The van der Waals surface area contributed by atoms with Gasteiger partial charge >= 0.3 is 0 Å². The second kappa shape index (κ2) is 5.14. The van der Waals surface area contributed by atoms with Crippen LogP contribution in [0.15, 0.2) is 12.1 Å². The molecule has 0 bridgehead atoms. The highest BCUT2D eigenvalue weighted by Gasteiger charge is 2.38. The number of halogens is 1. The van der Waals surface area contributed by atoms with Crippen molar-refractivity contribution < 1.29 is 14.2 Å². The number of methoxy groups -OCH3 is 1. The highest BCUT2D eigenvalue weighted by atomic mass is 19.1. The van der Waals surface area contributed by atoms with Crippen LogP contribution in [0, 0.1) is 5.82 Å². The van der Waals surface area contributed by atoms with Gasteiger partial charge in [-0.1, -0.05) is 19.3 Å². The summed E-state index contributed by atoms with van der Waals surface area (Å²) in [6.45, 7) is 0.352. The molecule has 1 aromatic rings. The van der Waals surface area contributed by atoms with Crippen LogP contribution < -0.4 is 10.5 Å². The number of hydrogen-bond acceptors (Lipinski definition) is 3. The Balaban J connectivity index is 2.53. The van der Waals surface area contributed by atoms with Crippen LogP contribution >= 0.6 is 0 Å². The van der Waals surface area contributed by atoms with Gasteiger partial charge in [0.15, 0.2) is 11.5 Å². The summed E-state index contributed by atoms with van der Waals surface area (Å²) < 4.78 is 19.2. The Kier molecular flexibility index (Phi) is 3.76. The molecule has 1 aromatic carbocycles. The first-order valence-electron chi connectivity index (χ1n) is 6.40. The third-order valence-electron chi connectivity index (χ3n) is 4.04. The number of phenols is 1. The van der Waals surface area contributed by atoms with Gasteiger partial charge < -0.3 is 15.6 Å². The molecule has 4 heteroatoms. The van der Waals surface area contributed by atoms with Crippen molar-refractivity contribution in [3.05, 3.63) is 23.5 Å². The first kappa shape index (κ1) is 13.1. The van der Waals surface area contributed by atoms with Crippen LogP contribution in [0.4, 0.5) is 4.39 Å². The Morgan fingerprint density at radius 2 is 2.00 bits per heavy atom. The number of nitrogens with two attached hydrogens (primary N) is 1. The van der Waals surface area contributed by atoms with Gasteiger partial charge in [0.05, 0.1) is 7.11 Å². The van der Waals surface area contributed by atoms with Gasteiger partial charge in [-0.2, -0.15) is 0 Å². The molecular weight excluding hydrogens is 233 g/mol. The highest BCUT2D eigenvalue weighted by Crippen LogP contribution is 2.46. The van der Waals surface area contributed by atoms with Crippen LogP contribution in [-0.2, 0) is 5.41 Å². The summed E-state index contributed by atoms with van der Waals surface area (Å²) in [6.07, 6.45) is 4.83. The zero-order valence-electron chi connectivity index (χ0n) is 10.7. The van der Waals surface area contributed by atoms with Crippen molar-refractivity contribution in [2.45, 2.75) is 37.5 Å². The average molecular weight is 253 g/mol. The first-order valence-corrected chi connectivity index (χ1v) is 6.40. The van der Waals surface area contributed by atoms with Gasteiger partial charge in [-0.25, -0.2) is 4.39 Å². The van der Waals surface area contributed by atoms with E-state index in [1.807, 2.05) is 0 Å². The number of phenolic OH excluding ortho intramolecular Hbond substituents is 1. The van der Waals surface area contributed by atoms with Gasteiger partial charge in [0.25, 0.3) is 0 Å². The Morgan fingerprint density at radius 3 is 2.56 bits per heavy atom. The molecule has 0 saturated heterocycles. The van der Waals surface area contributed by atoms with Gasteiger partial charge in [-0.15, -0.1) is 0 Å². The van der Waals surface area contributed by atoms with Crippen LogP contribution in [0.3, 0.4) is 0 Å². The number of benzene rings is 1. The zero-order chi connectivity index (χ0) is 13.2. The topological polar surface area (TPSA) is 55.5 Å². The molecule has 1 fully saturated rings. The molecule has 0 spiro atoms. The molecule has 2 rings (SSSR count). The first-order chi connectivity index (χ1) is 8.64. The Morgan fingerprint density at radius 1 is 1.33 bits per heavy atom.